The van der Waals surface area contributed by atoms with E-state index >= 15 is 0 Å². The van der Waals surface area contributed by atoms with Crippen LogP contribution in [0.1, 0.15) is 23.1 Å². The fraction of sp³-hybridized carbons (Fsp3) is 0.235. The number of benzene rings is 2. The molecule has 0 saturated heterocycles. The van der Waals surface area contributed by atoms with E-state index in [1.54, 1.807) is 6.07 Å². The lowest BCUT2D eigenvalue weighted by Crippen LogP contribution is -2.05. The lowest BCUT2D eigenvalue weighted by molar-refractivity contribution is -0.118. The third-order valence-corrected chi connectivity index (χ3v) is 3.53. The monoisotopic (exact) mass is 290 g/mol. The molecular formula is C17H16ClFO. The highest BCUT2D eigenvalue weighted by Gasteiger charge is 2.08. The van der Waals surface area contributed by atoms with Crippen LogP contribution in [0.25, 0.3) is 0 Å². The Kier molecular flexibility index (Phi) is 4.91. The maximum absolute atomic E-state index is 12.9. The summed E-state index contributed by atoms with van der Waals surface area (Å²) in [4.78, 5) is 12.0. The highest BCUT2D eigenvalue weighted by atomic mass is 35.5. The van der Waals surface area contributed by atoms with Gasteiger partial charge in [0.1, 0.15) is 11.6 Å². The molecule has 0 radical (unpaired) electrons. The number of Topliss-reactive ketones (excluding diaryl/α,β-unsaturated/α-hetero) is 1. The van der Waals surface area contributed by atoms with Crippen LogP contribution in [-0.2, 0) is 17.6 Å². The van der Waals surface area contributed by atoms with Crippen LogP contribution in [0.15, 0.2) is 42.5 Å². The molecule has 0 aromatic heterocycles. The first-order valence-electron chi connectivity index (χ1n) is 6.56. The van der Waals surface area contributed by atoms with Gasteiger partial charge in [-0.15, -0.1) is 0 Å². The molecule has 0 heterocycles. The van der Waals surface area contributed by atoms with Crippen molar-refractivity contribution in [3.8, 4) is 0 Å². The molecule has 0 fully saturated rings. The quantitative estimate of drug-likeness (QED) is 0.790. The van der Waals surface area contributed by atoms with Crippen molar-refractivity contribution < 1.29 is 9.18 Å². The van der Waals surface area contributed by atoms with E-state index in [1.165, 1.54) is 17.7 Å². The summed E-state index contributed by atoms with van der Waals surface area (Å²) in [6.07, 6.45) is 1.45. The standard InChI is InChI=1S/C17H16ClFO/c1-12-3-2-4-13(9-12)5-8-16(20)10-14-6-7-15(19)11-17(14)18/h2-4,6-7,9,11H,5,8,10H2,1H3. The van der Waals surface area contributed by atoms with E-state index in [-0.39, 0.29) is 18.0 Å². The zero-order valence-corrected chi connectivity index (χ0v) is 12.1. The van der Waals surface area contributed by atoms with Gasteiger partial charge in [0, 0.05) is 17.9 Å². The molecule has 2 aromatic carbocycles. The fourth-order valence-electron chi connectivity index (χ4n) is 2.12. The summed E-state index contributed by atoms with van der Waals surface area (Å²) >= 11 is 5.92. The predicted molar refractivity (Wildman–Crippen MR) is 79.6 cm³/mol. The van der Waals surface area contributed by atoms with E-state index in [9.17, 15) is 9.18 Å². The summed E-state index contributed by atoms with van der Waals surface area (Å²) in [7, 11) is 0. The third kappa shape index (κ3) is 4.17. The Hall–Kier alpha value is -1.67. The van der Waals surface area contributed by atoms with Gasteiger partial charge in [0.25, 0.3) is 0 Å². The zero-order valence-electron chi connectivity index (χ0n) is 11.3. The molecule has 2 aromatic rings. The van der Waals surface area contributed by atoms with Crippen LogP contribution in [-0.4, -0.2) is 5.78 Å². The van der Waals surface area contributed by atoms with Gasteiger partial charge in [-0.3, -0.25) is 4.79 Å². The average Bonchev–Trinajstić information content (AvgIpc) is 2.40. The van der Waals surface area contributed by atoms with Gasteiger partial charge in [0.05, 0.1) is 0 Å². The number of aryl methyl sites for hydroxylation is 2. The SMILES string of the molecule is Cc1cccc(CCC(=O)Cc2ccc(F)cc2Cl)c1. The maximum Gasteiger partial charge on any atom is 0.137 e. The van der Waals surface area contributed by atoms with Gasteiger partial charge in [-0.25, -0.2) is 4.39 Å². The average molecular weight is 291 g/mol. The van der Waals surface area contributed by atoms with E-state index in [0.717, 1.165) is 12.0 Å². The van der Waals surface area contributed by atoms with Crippen molar-refractivity contribution in [2.24, 2.45) is 0 Å². The van der Waals surface area contributed by atoms with Crippen LogP contribution in [0.5, 0.6) is 0 Å². The largest absolute Gasteiger partial charge is 0.299 e. The van der Waals surface area contributed by atoms with Crippen molar-refractivity contribution in [3.05, 3.63) is 70.0 Å². The first kappa shape index (κ1) is 14.7. The molecule has 0 unspecified atom stereocenters. The highest BCUT2D eigenvalue weighted by Crippen LogP contribution is 2.18. The van der Waals surface area contributed by atoms with Crippen LogP contribution < -0.4 is 0 Å². The topological polar surface area (TPSA) is 17.1 Å². The van der Waals surface area contributed by atoms with Crippen LogP contribution in [0.2, 0.25) is 5.02 Å². The van der Waals surface area contributed by atoms with Crippen molar-refractivity contribution in [2.45, 2.75) is 26.2 Å². The smallest absolute Gasteiger partial charge is 0.137 e. The van der Waals surface area contributed by atoms with Crippen LogP contribution in [0.3, 0.4) is 0 Å². The second-order valence-electron chi connectivity index (χ2n) is 4.94. The second-order valence-corrected chi connectivity index (χ2v) is 5.35. The Morgan fingerprint density at radius 2 is 2.00 bits per heavy atom. The van der Waals surface area contributed by atoms with Gasteiger partial charge in [-0.2, -0.15) is 0 Å². The Morgan fingerprint density at radius 1 is 1.20 bits per heavy atom. The summed E-state index contributed by atoms with van der Waals surface area (Å²) in [6.45, 7) is 2.03. The lowest BCUT2D eigenvalue weighted by atomic mass is 10.0. The number of rotatable bonds is 5. The molecule has 0 N–H and O–H groups in total. The summed E-state index contributed by atoms with van der Waals surface area (Å²) in [5.41, 5.74) is 3.03. The summed E-state index contributed by atoms with van der Waals surface area (Å²) in [5.74, 6) is -0.272. The maximum atomic E-state index is 12.9. The Bertz CT molecular complexity index is 622. The minimum Gasteiger partial charge on any atom is -0.299 e. The highest BCUT2D eigenvalue weighted by molar-refractivity contribution is 6.31. The molecule has 0 aliphatic heterocycles. The minimum atomic E-state index is -0.383. The molecule has 0 spiro atoms. The molecule has 1 nitrogen and oxygen atoms in total. The molecule has 0 bridgehead atoms. The van der Waals surface area contributed by atoms with E-state index in [2.05, 4.69) is 6.07 Å². The Morgan fingerprint density at radius 3 is 2.70 bits per heavy atom. The second kappa shape index (κ2) is 6.67. The van der Waals surface area contributed by atoms with E-state index in [0.29, 0.717) is 17.0 Å². The van der Waals surface area contributed by atoms with E-state index in [4.69, 9.17) is 11.6 Å². The van der Waals surface area contributed by atoms with Crippen molar-refractivity contribution in [1.29, 1.82) is 0 Å². The number of halogens is 2. The van der Waals surface area contributed by atoms with Crippen LogP contribution in [0.4, 0.5) is 4.39 Å². The molecular weight excluding hydrogens is 275 g/mol. The van der Waals surface area contributed by atoms with Gasteiger partial charge in [0.15, 0.2) is 0 Å². The molecule has 0 amide bonds. The van der Waals surface area contributed by atoms with Gasteiger partial charge < -0.3 is 0 Å². The first-order chi connectivity index (χ1) is 9.54. The molecule has 2 rings (SSSR count). The van der Waals surface area contributed by atoms with Gasteiger partial charge >= 0.3 is 0 Å². The molecule has 0 aliphatic carbocycles. The Balaban J connectivity index is 1.92. The zero-order chi connectivity index (χ0) is 14.5. The number of hydrogen-bond acceptors (Lipinski definition) is 1. The molecule has 20 heavy (non-hydrogen) atoms. The van der Waals surface area contributed by atoms with E-state index in [1.807, 2.05) is 25.1 Å². The molecule has 0 atom stereocenters. The van der Waals surface area contributed by atoms with Crippen molar-refractivity contribution >= 4 is 17.4 Å². The number of hydrogen-bond donors (Lipinski definition) is 0. The van der Waals surface area contributed by atoms with E-state index < -0.39 is 0 Å². The molecule has 3 heteroatoms. The summed E-state index contributed by atoms with van der Waals surface area (Å²) < 4.78 is 12.9. The van der Waals surface area contributed by atoms with Crippen molar-refractivity contribution in [1.82, 2.24) is 0 Å². The molecule has 0 saturated carbocycles. The molecule has 104 valence electrons. The first-order valence-corrected chi connectivity index (χ1v) is 6.93. The Labute approximate surface area is 123 Å². The lowest BCUT2D eigenvalue weighted by Gasteiger charge is -2.05. The summed E-state index contributed by atoms with van der Waals surface area (Å²) in [5, 5.41) is 0.314. The van der Waals surface area contributed by atoms with Crippen molar-refractivity contribution in [3.63, 3.8) is 0 Å². The number of ketones is 1. The van der Waals surface area contributed by atoms with Crippen LogP contribution >= 0.6 is 11.6 Å². The van der Waals surface area contributed by atoms with Gasteiger partial charge in [0.2, 0.25) is 0 Å². The van der Waals surface area contributed by atoms with Gasteiger partial charge in [-0.05, 0) is 36.6 Å². The fourth-order valence-corrected chi connectivity index (χ4v) is 2.35. The number of carbonyl (C=O) groups is 1. The van der Waals surface area contributed by atoms with Crippen molar-refractivity contribution in [2.75, 3.05) is 0 Å². The number of carbonyl (C=O) groups excluding carboxylic acids is 1. The molecule has 0 aliphatic rings. The normalized spacial score (nSPS) is 10.6. The minimum absolute atomic E-state index is 0.111. The third-order valence-electron chi connectivity index (χ3n) is 3.18. The summed E-state index contributed by atoms with van der Waals surface area (Å²) in [6, 6.07) is 12.3. The predicted octanol–water partition coefficient (Wildman–Crippen LogP) is 4.53. The van der Waals surface area contributed by atoms with Crippen LogP contribution in [0, 0.1) is 12.7 Å². The van der Waals surface area contributed by atoms with Gasteiger partial charge in [-0.1, -0.05) is 47.5 Å².